The number of halogens is 1. The summed E-state index contributed by atoms with van der Waals surface area (Å²) in [5.74, 6) is -1.26. The van der Waals surface area contributed by atoms with E-state index < -0.39 is 11.8 Å². The molecule has 9 heteroatoms. The van der Waals surface area contributed by atoms with Gasteiger partial charge in [0, 0.05) is 49.6 Å². The molecule has 0 aliphatic carbocycles. The Morgan fingerprint density at radius 3 is 2.41 bits per heavy atom. The SMILES string of the molecule is Cn1c(=O)[nH]c2ccc(NC(=O)C(=O)N3CCN(c4ccc(Cl)cc4)CC3)cc21. The number of fused-ring (bicyclic) bond motifs is 1. The molecule has 3 aromatic rings. The van der Waals surface area contributed by atoms with Gasteiger partial charge in [0.25, 0.3) is 0 Å². The number of aromatic nitrogens is 2. The number of piperazine rings is 1. The Bertz CT molecular complexity index is 1130. The maximum absolute atomic E-state index is 12.5. The Morgan fingerprint density at radius 2 is 1.72 bits per heavy atom. The molecule has 1 aliphatic heterocycles. The number of carbonyl (C=O) groups excluding carboxylic acids is 2. The summed E-state index contributed by atoms with van der Waals surface area (Å²) in [6, 6.07) is 12.6. The molecule has 0 unspecified atom stereocenters. The quantitative estimate of drug-likeness (QED) is 0.627. The van der Waals surface area contributed by atoms with Crippen molar-refractivity contribution in [1.29, 1.82) is 0 Å². The summed E-state index contributed by atoms with van der Waals surface area (Å²) in [5, 5.41) is 3.31. The van der Waals surface area contributed by atoms with Crippen molar-refractivity contribution < 1.29 is 9.59 Å². The second-order valence-electron chi connectivity index (χ2n) is 6.93. The van der Waals surface area contributed by atoms with E-state index in [-0.39, 0.29) is 5.69 Å². The third kappa shape index (κ3) is 3.84. The zero-order valence-corrected chi connectivity index (χ0v) is 16.6. The second-order valence-corrected chi connectivity index (χ2v) is 7.37. The number of aryl methyl sites for hydroxylation is 1. The summed E-state index contributed by atoms with van der Waals surface area (Å²) in [6.07, 6.45) is 0. The van der Waals surface area contributed by atoms with E-state index in [9.17, 15) is 14.4 Å². The molecule has 0 bridgehead atoms. The van der Waals surface area contributed by atoms with Crippen LogP contribution in [0.1, 0.15) is 0 Å². The maximum Gasteiger partial charge on any atom is 0.326 e. The van der Waals surface area contributed by atoms with E-state index in [0.717, 1.165) is 5.69 Å². The third-order valence-electron chi connectivity index (χ3n) is 5.12. The van der Waals surface area contributed by atoms with Gasteiger partial charge in [-0.3, -0.25) is 14.2 Å². The number of anilines is 2. The number of aromatic amines is 1. The molecule has 1 saturated heterocycles. The summed E-state index contributed by atoms with van der Waals surface area (Å²) >= 11 is 5.92. The van der Waals surface area contributed by atoms with E-state index in [4.69, 9.17) is 11.6 Å². The zero-order chi connectivity index (χ0) is 20.5. The van der Waals surface area contributed by atoms with E-state index in [1.807, 2.05) is 24.3 Å². The average Bonchev–Trinajstić information content (AvgIpc) is 3.02. The van der Waals surface area contributed by atoms with Gasteiger partial charge in [-0.25, -0.2) is 4.79 Å². The highest BCUT2D eigenvalue weighted by molar-refractivity contribution is 6.39. The van der Waals surface area contributed by atoms with E-state index in [1.165, 1.54) is 4.57 Å². The predicted molar refractivity (Wildman–Crippen MR) is 112 cm³/mol. The van der Waals surface area contributed by atoms with Gasteiger partial charge in [-0.1, -0.05) is 11.6 Å². The van der Waals surface area contributed by atoms with E-state index in [2.05, 4.69) is 15.2 Å². The number of amides is 2. The normalized spacial score (nSPS) is 14.3. The molecule has 1 aliphatic rings. The molecule has 4 rings (SSSR count). The second kappa shape index (κ2) is 7.63. The molecule has 1 fully saturated rings. The summed E-state index contributed by atoms with van der Waals surface area (Å²) in [5.41, 5.74) is 2.58. The van der Waals surface area contributed by atoms with Crippen LogP contribution in [0.2, 0.25) is 5.02 Å². The largest absolute Gasteiger partial charge is 0.368 e. The van der Waals surface area contributed by atoms with Crippen LogP contribution in [-0.4, -0.2) is 52.4 Å². The number of nitrogens with one attached hydrogen (secondary N) is 2. The molecule has 150 valence electrons. The Kier molecular flexibility index (Phi) is 5.02. The molecule has 2 aromatic carbocycles. The van der Waals surface area contributed by atoms with Crippen molar-refractivity contribution >= 4 is 45.8 Å². The molecule has 2 N–H and O–H groups in total. The molecule has 0 spiro atoms. The lowest BCUT2D eigenvalue weighted by atomic mass is 10.2. The summed E-state index contributed by atoms with van der Waals surface area (Å²) in [4.78, 5) is 43.1. The van der Waals surface area contributed by atoms with Gasteiger partial charge in [-0.15, -0.1) is 0 Å². The van der Waals surface area contributed by atoms with Crippen LogP contribution < -0.4 is 15.9 Å². The number of nitrogens with zero attached hydrogens (tertiary/aromatic N) is 3. The first-order valence-electron chi connectivity index (χ1n) is 9.22. The fraction of sp³-hybridized carbons (Fsp3) is 0.250. The average molecular weight is 414 g/mol. The van der Waals surface area contributed by atoms with Crippen LogP contribution in [0.25, 0.3) is 11.0 Å². The molecular formula is C20H20ClN5O3. The number of hydrogen-bond donors (Lipinski definition) is 2. The lowest BCUT2D eigenvalue weighted by molar-refractivity contribution is -0.143. The van der Waals surface area contributed by atoms with Crippen LogP contribution in [0.3, 0.4) is 0 Å². The van der Waals surface area contributed by atoms with Crippen molar-refractivity contribution in [3.05, 3.63) is 58.0 Å². The van der Waals surface area contributed by atoms with Crippen molar-refractivity contribution in [2.24, 2.45) is 7.05 Å². The summed E-state index contributed by atoms with van der Waals surface area (Å²) < 4.78 is 1.45. The number of hydrogen-bond acceptors (Lipinski definition) is 4. The molecule has 2 heterocycles. The summed E-state index contributed by atoms with van der Waals surface area (Å²) in [7, 11) is 1.64. The molecule has 1 aromatic heterocycles. The fourth-order valence-corrected chi connectivity index (χ4v) is 3.57. The topological polar surface area (TPSA) is 90.4 Å². The molecule has 2 amide bonds. The number of rotatable bonds is 2. The monoisotopic (exact) mass is 413 g/mol. The van der Waals surface area contributed by atoms with Crippen molar-refractivity contribution in [3.8, 4) is 0 Å². The van der Waals surface area contributed by atoms with Crippen LogP contribution in [0.4, 0.5) is 11.4 Å². The number of carbonyl (C=O) groups is 2. The van der Waals surface area contributed by atoms with Crippen molar-refractivity contribution in [1.82, 2.24) is 14.5 Å². The molecule has 0 saturated carbocycles. The van der Waals surface area contributed by atoms with Crippen LogP contribution >= 0.6 is 11.6 Å². The van der Waals surface area contributed by atoms with Gasteiger partial charge in [0.2, 0.25) is 0 Å². The van der Waals surface area contributed by atoms with Gasteiger partial charge in [0.1, 0.15) is 0 Å². The smallest absolute Gasteiger partial charge is 0.326 e. The van der Waals surface area contributed by atoms with Crippen LogP contribution in [-0.2, 0) is 16.6 Å². The first-order valence-corrected chi connectivity index (χ1v) is 9.60. The lowest BCUT2D eigenvalue weighted by Crippen LogP contribution is -2.51. The maximum atomic E-state index is 12.5. The van der Waals surface area contributed by atoms with Crippen LogP contribution in [0.5, 0.6) is 0 Å². The van der Waals surface area contributed by atoms with Gasteiger partial charge >= 0.3 is 17.5 Å². The van der Waals surface area contributed by atoms with Crippen molar-refractivity contribution in [2.75, 3.05) is 36.4 Å². The van der Waals surface area contributed by atoms with Crippen LogP contribution in [0.15, 0.2) is 47.3 Å². The van der Waals surface area contributed by atoms with Gasteiger partial charge in [0.05, 0.1) is 11.0 Å². The van der Waals surface area contributed by atoms with E-state index >= 15 is 0 Å². The Morgan fingerprint density at radius 1 is 1.03 bits per heavy atom. The molecule has 0 atom stereocenters. The van der Waals surface area contributed by atoms with E-state index in [1.54, 1.807) is 30.1 Å². The number of H-pyrrole nitrogens is 1. The van der Waals surface area contributed by atoms with Crippen molar-refractivity contribution in [2.45, 2.75) is 0 Å². The van der Waals surface area contributed by atoms with Gasteiger partial charge in [-0.2, -0.15) is 0 Å². The number of benzene rings is 2. The zero-order valence-electron chi connectivity index (χ0n) is 15.8. The molecule has 0 radical (unpaired) electrons. The first-order chi connectivity index (χ1) is 13.9. The van der Waals surface area contributed by atoms with E-state index in [0.29, 0.717) is 47.9 Å². The van der Waals surface area contributed by atoms with Gasteiger partial charge < -0.3 is 20.1 Å². The minimum Gasteiger partial charge on any atom is -0.368 e. The summed E-state index contributed by atoms with van der Waals surface area (Å²) in [6.45, 7) is 2.19. The minimum absolute atomic E-state index is 0.238. The predicted octanol–water partition coefficient (Wildman–Crippen LogP) is 1.81. The van der Waals surface area contributed by atoms with Gasteiger partial charge in [0.15, 0.2) is 0 Å². The highest BCUT2D eigenvalue weighted by Crippen LogP contribution is 2.20. The van der Waals surface area contributed by atoms with Crippen LogP contribution in [0, 0.1) is 0 Å². The Balaban J connectivity index is 1.38. The number of imidazole rings is 1. The first kappa shape index (κ1) is 19.1. The van der Waals surface area contributed by atoms with Crippen molar-refractivity contribution in [3.63, 3.8) is 0 Å². The lowest BCUT2D eigenvalue weighted by Gasteiger charge is -2.35. The Hall–Kier alpha value is -3.26. The highest BCUT2D eigenvalue weighted by Gasteiger charge is 2.26. The molecular weight excluding hydrogens is 394 g/mol. The molecule has 8 nitrogen and oxygen atoms in total. The minimum atomic E-state index is -0.690. The van der Waals surface area contributed by atoms with Gasteiger partial charge in [-0.05, 0) is 42.5 Å². The highest BCUT2D eigenvalue weighted by atomic mass is 35.5. The Labute approximate surface area is 171 Å². The third-order valence-corrected chi connectivity index (χ3v) is 5.37. The standard InChI is InChI=1S/C20H20ClN5O3/c1-24-17-12-14(4-7-16(17)23-20(24)29)22-18(27)19(28)26-10-8-25(9-11-26)15-5-2-13(21)3-6-15/h2-7,12H,8-11H2,1H3,(H,22,27)(H,23,29). The molecule has 29 heavy (non-hydrogen) atoms. The fourth-order valence-electron chi connectivity index (χ4n) is 3.45.